The number of anilines is 3. The molecule has 0 aliphatic carbocycles. The maximum absolute atomic E-state index is 12.8. The first kappa shape index (κ1) is 23.3. The minimum Gasteiger partial charge on any atom is -0.371 e. The molecule has 9 nitrogen and oxygen atoms in total. The molecule has 2 aromatic rings. The zero-order valence-electron chi connectivity index (χ0n) is 19.2. The second-order valence-electron chi connectivity index (χ2n) is 8.72. The van der Waals surface area contributed by atoms with Gasteiger partial charge in [-0.05, 0) is 50.1 Å². The highest BCUT2D eigenvalue weighted by molar-refractivity contribution is 6.40. The van der Waals surface area contributed by atoms with Crippen molar-refractivity contribution in [3.63, 3.8) is 0 Å². The van der Waals surface area contributed by atoms with Crippen LogP contribution in [0.4, 0.5) is 17.1 Å². The van der Waals surface area contributed by atoms with E-state index in [1.165, 1.54) is 17.9 Å². The van der Waals surface area contributed by atoms with E-state index in [1.54, 1.807) is 19.1 Å². The molecule has 3 amide bonds. The maximum atomic E-state index is 12.8. The van der Waals surface area contributed by atoms with E-state index >= 15 is 0 Å². The van der Waals surface area contributed by atoms with E-state index in [1.807, 2.05) is 42.5 Å². The van der Waals surface area contributed by atoms with E-state index in [2.05, 4.69) is 20.6 Å². The summed E-state index contributed by atoms with van der Waals surface area (Å²) in [6.07, 6.45) is 2.58. The van der Waals surface area contributed by atoms with Gasteiger partial charge in [0, 0.05) is 43.3 Å². The number of hydrogen-bond acceptors (Lipinski definition) is 6. The number of carbonyl (C=O) groups excluding carboxylic acids is 3. The van der Waals surface area contributed by atoms with Gasteiger partial charge in [0.25, 0.3) is 5.91 Å². The molecule has 0 saturated carbocycles. The average Bonchev–Trinajstić information content (AvgIpc) is 3.50. The zero-order valence-corrected chi connectivity index (χ0v) is 19.2. The van der Waals surface area contributed by atoms with Gasteiger partial charge in [-0.2, -0.15) is 5.10 Å². The van der Waals surface area contributed by atoms with Gasteiger partial charge >= 0.3 is 0 Å². The molecule has 9 heteroatoms. The van der Waals surface area contributed by atoms with Crippen LogP contribution in [0.3, 0.4) is 0 Å². The largest absolute Gasteiger partial charge is 0.371 e. The number of primary amides is 1. The van der Waals surface area contributed by atoms with Crippen molar-refractivity contribution in [1.29, 1.82) is 0 Å². The van der Waals surface area contributed by atoms with Crippen molar-refractivity contribution in [2.45, 2.75) is 44.7 Å². The molecule has 2 aromatic carbocycles. The molecule has 0 aromatic heterocycles. The van der Waals surface area contributed by atoms with E-state index in [4.69, 9.17) is 5.73 Å². The summed E-state index contributed by atoms with van der Waals surface area (Å²) in [5.74, 6) is -1.17. The molecular formula is C25H30N6O3. The van der Waals surface area contributed by atoms with Crippen LogP contribution in [0, 0.1) is 0 Å². The summed E-state index contributed by atoms with van der Waals surface area (Å²) in [7, 11) is 0. The van der Waals surface area contributed by atoms with Crippen LogP contribution >= 0.6 is 0 Å². The molecule has 34 heavy (non-hydrogen) atoms. The monoisotopic (exact) mass is 462 g/mol. The van der Waals surface area contributed by atoms with Gasteiger partial charge in [0.1, 0.15) is 11.8 Å². The fourth-order valence-electron chi connectivity index (χ4n) is 4.29. The standard InChI is InChI=1S/C25H30N6O3/c1-17(14-23(32)28-18-8-7-11-20(15-18)30-12-5-6-13-30)27-25(34)21-16-22(24(26)33)31(29-21)19-9-3-2-4-10-19/h2-4,7-11,15,17,22H,5-6,12-14,16H2,1H3,(H2,26,33)(H,27,34)(H,28,32). The molecule has 1 fully saturated rings. The van der Waals surface area contributed by atoms with Gasteiger partial charge in [-0.25, -0.2) is 0 Å². The Kier molecular flexibility index (Phi) is 7.10. The van der Waals surface area contributed by atoms with Crippen LogP contribution in [0.15, 0.2) is 59.7 Å². The summed E-state index contributed by atoms with van der Waals surface area (Å²) in [6.45, 7) is 3.82. The van der Waals surface area contributed by atoms with Crippen molar-refractivity contribution in [3.05, 3.63) is 54.6 Å². The Bertz CT molecular complexity index is 1080. The summed E-state index contributed by atoms with van der Waals surface area (Å²) in [4.78, 5) is 39.6. The summed E-state index contributed by atoms with van der Waals surface area (Å²) < 4.78 is 0. The Morgan fingerprint density at radius 3 is 2.47 bits per heavy atom. The first-order valence-corrected chi connectivity index (χ1v) is 11.6. The lowest BCUT2D eigenvalue weighted by molar-refractivity contribution is -0.119. The van der Waals surface area contributed by atoms with Gasteiger partial charge in [-0.1, -0.05) is 24.3 Å². The minimum atomic E-state index is -0.732. The van der Waals surface area contributed by atoms with Crippen LogP contribution in [0.25, 0.3) is 0 Å². The average molecular weight is 463 g/mol. The van der Waals surface area contributed by atoms with Crippen molar-refractivity contribution in [2.24, 2.45) is 10.8 Å². The van der Waals surface area contributed by atoms with Gasteiger partial charge in [0.2, 0.25) is 11.8 Å². The van der Waals surface area contributed by atoms with Crippen LogP contribution in [-0.4, -0.2) is 48.6 Å². The third-order valence-electron chi connectivity index (χ3n) is 5.99. The van der Waals surface area contributed by atoms with Crippen LogP contribution in [-0.2, 0) is 14.4 Å². The summed E-state index contributed by atoms with van der Waals surface area (Å²) in [6, 6.07) is 15.7. The Balaban J connectivity index is 1.33. The van der Waals surface area contributed by atoms with Crippen LogP contribution in [0.2, 0.25) is 0 Å². The molecule has 178 valence electrons. The van der Waals surface area contributed by atoms with Crippen molar-refractivity contribution in [3.8, 4) is 0 Å². The molecule has 2 atom stereocenters. The first-order valence-electron chi connectivity index (χ1n) is 11.6. The van der Waals surface area contributed by atoms with Crippen molar-refractivity contribution >= 4 is 40.5 Å². The second kappa shape index (κ2) is 10.4. The van der Waals surface area contributed by atoms with E-state index in [0.717, 1.165) is 24.5 Å². The minimum absolute atomic E-state index is 0.106. The number of hydrogen-bond donors (Lipinski definition) is 3. The molecule has 4 rings (SSSR count). The number of nitrogens with one attached hydrogen (secondary N) is 2. The number of nitrogens with two attached hydrogens (primary N) is 1. The maximum Gasteiger partial charge on any atom is 0.267 e. The van der Waals surface area contributed by atoms with E-state index in [9.17, 15) is 14.4 Å². The molecule has 4 N–H and O–H groups in total. The highest BCUT2D eigenvalue weighted by Gasteiger charge is 2.35. The van der Waals surface area contributed by atoms with Crippen LogP contribution < -0.4 is 26.3 Å². The lowest BCUT2D eigenvalue weighted by atomic mass is 10.1. The number of rotatable bonds is 8. The quantitative estimate of drug-likeness (QED) is 0.556. The summed E-state index contributed by atoms with van der Waals surface area (Å²) in [5.41, 5.74) is 8.25. The molecule has 2 unspecified atom stereocenters. The van der Waals surface area contributed by atoms with E-state index in [0.29, 0.717) is 5.69 Å². The third-order valence-corrected chi connectivity index (χ3v) is 5.99. The Hall–Kier alpha value is -3.88. The number of carbonyl (C=O) groups is 3. The summed E-state index contributed by atoms with van der Waals surface area (Å²) in [5, 5.41) is 11.5. The number of amides is 3. The van der Waals surface area contributed by atoms with Crippen molar-refractivity contribution in [2.75, 3.05) is 28.3 Å². The molecule has 0 radical (unpaired) electrons. The van der Waals surface area contributed by atoms with Crippen LogP contribution in [0.1, 0.15) is 32.6 Å². The molecule has 2 heterocycles. The number of para-hydroxylation sites is 1. The molecule has 2 aliphatic rings. The van der Waals surface area contributed by atoms with E-state index < -0.39 is 23.9 Å². The third kappa shape index (κ3) is 5.54. The van der Waals surface area contributed by atoms with Gasteiger partial charge in [0.05, 0.1) is 5.69 Å². The van der Waals surface area contributed by atoms with Gasteiger partial charge in [-0.15, -0.1) is 0 Å². The smallest absolute Gasteiger partial charge is 0.267 e. The van der Waals surface area contributed by atoms with Crippen molar-refractivity contribution < 1.29 is 14.4 Å². The Morgan fingerprint density at radius 2 is 1.76 bits per heavy atom. The van der Waals surface area contributed by atoms with Gasteiger partial charge in [-0.3, -0.25) is 19.4 Å². The number of nitrogens with zero attached hydrogens (tertiary/aromatic N) is 3. The second-order valence-corrected chi connectivity index (χ2v) is 8.72. The molecule has 0 bridgehead atoms. The van der Waals surface area contributed by atoms with Gasteiger partial charge < -0.3 is 21.3 Å². The van der Waals surface area contributed by atoms with Gasteiger partial charge in [0.15, 0.2) is 0 Å². The van der Waals surface area contributed by atoms with Crippen LogP contribution in [0.5, 0.6) is 0 Å². The first-order chi connectivity index (χ1) is 16.4. The number of benzene rings is 2. The number of hydrazone groups is 1. The highest BCUT2D eigenvalue weighted by Crippen LogP contribution is 2.25. The fraction of sp³-hybridized carbons (Fsp3) is 0.360. The predicted molar refractivity (Wildman–Crippen MR) is 133 cm³/mol. The predicted octanol–water partition coefficient (Wildman–Crippen LogP) is 2.24. The fourth-order valence-corrected chi connectivity index (χ4v) is 4.29. The normalized spacial score (nSPS) is 18.4. The lowest BCUT2D eigenvalue weighted by Gasteiger charge is -2.20. The lowest BCUT2D eigenvalue weighted by Crippen LogP contribution is -2.41. The molecule has 1 saturated heterocycles. The molecule has 0 spiro atoms. The SMILES string of the molecule is CC(CC(=O)Nc1cccc(N2CCCC2)c1)NC(=O)C1=NN(c2ccccc2)C(C(N)=O)C1. The zero-order chi connectivity index (χ0) is 24.1. The van der Waals surface area contributed by atoms with E-state index in [-0.39, 0.29) is 24.5 Å². The Labute approximate surface area is 199 Å². The highest BCUT2D eigenvalue weighted by atomic mass is 16.2. The van der Waals surface area contributed by atoms with Crippen molar-refractivity contribution in [1.82, 2.24) is 5.32 Å². The molecule has 2 aliphatic heterocycles. The Morgan fingerprint density at radius 1 is 1.06 bits per heavy atom. The summed E-state index contributed by atoms with van der Waals surface area (Å²) >= 11 is 0. The molecular weight excluding hydrogens is 432 g/mol. The topological polar surface area (TPSA) is 120 Å².